The van der Waals surface area contributed by atoms with Crippen molar-refractivity contribution in [2.45, 2.75) is 0 Å². The van der Waals surface area contributed by atoms with Gasteiger partial charge in [-0.2, -0.15) is 0 Å². The molecule has 1 aliphatic heterocycles. The number of esters is 1. The molecule has 0 N–H and O–H groups in total. The van der Waals surface area contributed by atoms with Crippen LogP contribution in [0, 0.1) is 0 Å². The van der Waals surface area contributed by atoms with Crippen molar-refractivity contribution in [2.24, 2.45) is 0 Å². The van der Waals surface area contributed by atoms with Crippen LogP contribution in [-0.4, -0.2) is 59.4 Å². The van der Waals surface area contributed by atoms with Gasteiger partial charge in [-0.15, -0.1) is 10.2 Å². The Morgan fingerprint density at radius 1 is 0.893 bits per heavy atom. The lowest BCUT2D eigenvalue weighted by atomic mass is 10.1. The van der Waals surface area contributed by atoms with Gasteiger partial charge < -0.3 is 14.5 Å². The highest BCUT2D eigenvalue weighted by atomic mass is 16.5. The average Bonchev–Trinajstić information content (AvgIpc) is 2.79. The van der Waals surface area contributed by atoms with Gasteiger partial charge in [0, 0.05) is 37.8 Å². The zero-order valence-corrected chi connectivity index (χ0v) is 15.5. The molecule has 1 saturated heterocycles. The number of aromatic nitrogens is 4. The number of carbonyl (C=O) groups is 1. The zero-order chi connectivity index (χ0) is 19.3. The number of hydrogen-bond donors (Lipinski definition) is 0. The minimum atomic E-state index is -0.484. The van der Waals surface area contributed by atoms with E-state index in [9.17, 15) is 4.79 Å². The fourth-order valence-electron chi connectivity index (χ4n) is 3.16. The third-order valence-corrected chi connectivity index (χ3v) is 4.69. The molecule has 1 aromatic carbocycles. The van der Waals surface area contributed by atoms with Crippen LogP contribution < -0.4 is 9.80 Å². The van der Waals surface area contributed by atoms with Crippen molar-refractivity contribution in [3.63, 3.8) is 0 Å². The second-order valence-corrected chi connectivity index (χ2v) is 6.37. The molecule has 0 spiro atoms. The molecule has 0 atom stereocenters. The van der Waals surface area contributed by atoms with Crippen molar-refractivity contribution >= 4 is 17.6 Å². The summed E-state index contributed by atoms with van der Waals surface area (Å²) in [5, 5.41) is 8.10. The molecule has 1 aliphatic rings. The number of benzene rings is 1. The molecular weight excluding hydrogens is 356 g/mol. The second kappa shape index (κ2) is 7.99. The van der Waals surface area contributed by atoms with Crippen LogP contribution >= 0.6 is 0 Å². The smallest absolute Gasteiger partial charge is 0.358 e. The summed E-state index contributed by atoms with van der Waals surface area (Å²) in [4.78, 5) is 24.7. The van der Waals surface area contributed by atoms with Gasteiger partial charge in [0.15, 0.2) is 11.5 Å². The van der Waals surface area contributed by atoms with E-state index in [0.29, 0.717) is 0 Å². The molecule has 0 amide bonds. The first-order valence-electron chi connectivity index (χ1n) is 9.04. The summed E-state index contributed by atoms with van der Waals surface area (Å²) in [6, 6.07) is 15.5. The van der Waals surface area contributed by atoms with E-state index in [-0.39, 0.29) is 5.69 Å². The van der Waals surface area contributed by atoms with Gasteiger partial charge in [0.05, 0.1) is 12.8 Å². The first-order chi connectivity index (χ1) is 13.7. The molecule has 8 nitrogen and oxygen atoms in total. The van der Waals surface area contributed by atoms with E-state index in [1.807, 2.05) is 36.4 Å². The van der Waals surface area contributed by atoms with Crippen LogP contribution in [-0.2, 0) is 4.74 Å². The van der Waals surface area contributed by atoms with E-state index in [2.05, 4.69) is 34.7 Å². The van der Waals surface area contributed by atoms with Gasteiger partial charge in [0.1, 0.15) is 12.1 Å². The number of hydrogen-bond acceptors (Lipinski definition) is 8. The minimum absolute atomic E-state index is 0.208. The van der Waals surface area contributed by atoms with Crippen LogP contribution in [0.15, 0.2) is 54.9 Å². The highest BCUT2D eigenvalue weighted by molar-refractivity contribution is 5.87. The molecule has 8 heteroatoms. The summed E-state index contributed by atoms with van der Waals surface area (Å²) in [7, 11) is 1.33. The van der Waals surface area contributed by atoms with Gasteiger partial charge in [-0.3, -0.25) is 0 Å². The molecule has 0 radical (unpaired) electrons. The lowest BCUT2D eigenvalue weighted by Gasteiger charge is -2.35. The lowest BCUT2D eigenvalue weighted by Crippen LogP contribution is -2.47. The van der Waals surface area contributed by atoms with Gasteiger partial charge in [0.25, 0.3) is 0 Å². The number of rotatable bonds is 4. The van der Waals surface area contributed by atoms with Crippen LogP contribution in [0.1, 0.15) is 10.5 Å². The van der Waals surface area contributed by atoms with Crippen molar-refractivity contribution in [2.75, 3.05) is 43.1 Å². The van der Waals surface area contributed by atoms with Crippen molar-refractivity contribution in [3.8, 4) is 11.3 Å². The standard InChI is InChI=1S/C20H20N6O2/c1-28-20(27)16-7-8-18(24-23-16)25-9-11-26(12-10-25)19-13-17(21-14-22-19)15-5-3-2-4-6-15/h2-8,13-14H,9-12H2,1H3. The molecule has 2 aromatic heterocycles. The first kappa shape index (κ1) is 17.8. The third kappa shape index (κ3) is 3.75. The highest BCUT2D eigenvalue weighted by Crippen LogP contribution is 2.22. The second-order valence-electron chi connectivity index (χ2n) is 6.37. The Hall–Kier alpha value is -3.55. The van der Waals surface area contributed by atoms with Crippen molar-refractivity contribution in [1.29, 1.82) is 0 Å². The van der Waals surface area contributed by atoms with Crippen LogP contribution in [0.25, 0.3) is 11.3 Å². The van der Waals surface area contributed by atoms with Gasteiger partial charge in [0.2, 0.25) is 0 Å². The lowest BCUT2D eigenvalue weighted by molar-refractivity contribution is 0.0592. The SMILES string of the molecule is COC(=O)c1ccc(N2CCN(c3cc(-c4ccccc4)ncn3)CC2)nn1. The maximum absolute atomic E-state index is 11.5. The van der Waals surface area contributed by atoms with E-state index >= 15 is 0 Å². The monoisotopic (exact) mass is 376 g/mol. The molecule has 28 heavy (non-hydrogen) atoms. The molecule has 142 valence electrons. The van der Waals surface area contributed by atoms with Crippen LogP contribution in [0.2, 0.25) is 0 Å². The van der Waals surface area contributed by atoms with E-state index in [4.69, 9.17) is 0 Å². The molecule has 1 fully saturated rings. The Morgan fingerprint density at radius 3 is 2.25 bits per heavy atom. The molecule has 3 heterocycles. The molecular formula is C20H20N6O2. The van der Waals surface area contributed by atoms with E-state index in [1.54, 1.807) is 18.5 Å². The number of piperazine rings is 1. The predicted octanol–water partition coefficient (Wildman–Crippen LogP) is 2.05. The minimum Gasteiger partial charge on any atom is -0.464 e. The van der Waals surface area contributed by atoms with E-state index in [0.717, 1.165) is 49.1 Å². The van der Waals surface area contributed by atoms with Crippen molar-refractivity contribution in [3.05, 3.63) is 60.6 Å². The van der Waals surface area contributed by atoms with E-state index in [1.165, 1.54) is 7.11 Å². The Bertz CT molecular complexity index is 940. The Labute approximate surface area is 162 Å². The Balaban J connectivity index is 1.42. The summed E-state index contributed by atoms with van der Waals surface area (Å²) < 4.78 is 4.65. The summed E-state index contributed by atoms with van der Waals surface area (Å²) >= 11 is 0. The maximum Gasteiger partial charge on any atom is 0.358 e. The zero-order valence-electron chi connectivity index (χ0n) is 15.5. The van der Waals surface area contributed by atoms with Crippen LogP contribution in [0.3, 0.4) is 0 Å². The largest absolute Gasteiger partial charge is 0.464 e. The van der Waals surface area contributed by atoms with Crippen molar-refractivity contribution in [1.82, 2.24) is 20.2 Å². The quantitative estimate of drug-likeness (QED) is 0.640. The predicted molar refractivity (Wildman–Crippen MR) is 105 cm³/mol. The highest BCUT2D eigenvalue weighted by Gasteiger charge is 2.20. The first-order valence-corrected chi connectivity index (χ1v) is 9.04. The summed E-state index contributed by atoms with van der Waals surface area (Å²) in [5.74, 6) is 1.18. The molecule has 0 unspecified atom stereocenters. The fourth-order valence-corrected chi connectivity index (χ4v) is 3.16. The third-order valence-electron chi connectivity index (χ3n) is 4.69. The summed E-state index contributed by atoms with van der Waals surface area (Å²) in [6.07, 6.45) is 1.61. The Kier molecular flexibility index (Phi) is 5.09. The maximum atomic E-state index is 11.5. The number of nitrogens with zero attached hydrogens (tertiary/aromatic N) is 6. The number of ether oxygens (including phenoxy) is 1. The number of anilines is 2. The van der Waals surface area contributed by atoms with Crippen molar-refractivity contribution < 1.29 is 9.53 Å². The van der Waals surface area contributed by atoms with Crippen LogP contribution in [0.4, 0.5) is 11.6 Å². The Morgan fingerprint density at radius 2 is 1.61 bits per heavy atom. The van der Waals surface area contributed by atoms with Gasteiger partial charge in [-0.1, -0.05) is 30.3 Å². The average molecular weight is 376 g/mol. The van der Waals surface area contributed by atoms with Gasteiger partial charge >= 0.3 is 5.97 Å². The summed E-state index contributed by atoms with van der Waals surface area (Å²) in [6.45, 7) is 3.20. The topological polar surface area (TPSA) is 84.3 Å². The van der Waals surface area contributed by atoms with Gasteiger partial charge in [-0.25, -0.2) is 14.8 Å². The molecule has 0 bridgehead atoms. The fraction of sp³-hybridized carbons (Fsp3) is 0.250. The normalized spacial score (nSPS) is 14.0. The molecule has 0 saturated carbocycles. The molecule has 3 aromatic rings. The molecule has 4 rings (SSSR count). The van der Waals surface area contributed by atoms with E-state index < -0.39 is 5.97 Å². The van der Waals surface area contributed by atoms with Crippen LogP contribution in [0.5, 0.6) is 0 Å². The van der Waals surface area contributed by atoms with Gasteiger partial charge in [-0.05, 0) is 12.1 Å². The molecule has 0 aliphatic carbocycles. The number of methoxy groups -OCH3 is 1. The summed E-state index contributed by atoms with van der Waals surface area (Å²) in [5.41, 5.74) is 2.20. The number of carbonyl (C=O) groups excluding carboxylic acids is 1.